The number of aromatic nitrogens is 1. The zero-order valence-electron chi connectivity index (χ0n) is 10.2. The molecule has 1 fully saturated rings. The average Bonchev–Trinajstić information content (AvgIpc) is 3.04. The predicted octanol–water partition coefficient (Wildman–Crippen LogP) is 1.54. The zero-order chi connectivity index (χ0) is 13.1. The summed E-state index contributed by atoms with van der Waals surface area (Å²) in [5.74, 6) is -0.571. The van der Waals surface area contributed by atoms with Gasteiger partial charge in [0.1, 0.15) is 0 Å². The number of carboxylic acid groups (broad SMARTS) is 1. The highest BCUT2D eigenvalue weighted by Crippen LogP contribution is 2.39. The Labute approximate surface area is 104 Å². The van der Waals surface area contributed by atoms with Crippen LogP contribution in [0.25, 0.3) is 0 Å². The summed E-state index contributed by atoms with van der Waals surface area (Å²) in [4.78, 5) is 22.2. The van der Waals surface area contributed by atoms with E-state index in [9.17, 15) is 9.59 Å². The van der Waals surface area contributed by atoms with Gasteiger partial charge in [-0.25, -0.2) is 0 Å². The van der Waals surface area contributed by atoms with E-state index in [1.54, 1.807) is 13.0 Å². The quantitative estimate of drug-likeness (QED) is 0.801. The smallest absolute Gasteiger partial charge is 0.303 e. The lowest BCUT2D eigenvalue weighted by molar-refractivity contribution is -0.137. The zero-order valence-corrected chi connectivity index (χ0v) is 10.2. The molecule has 1 heterocycles. The largest absolute Gasteiger partial charge is 0.481 e. The molecule has 2 rings (SSSR count). The molecule has 0 aliphatic heterocycles. The van der Waals surface area contributed by atoms with Crippen LogP contribution in [-0.2, 0) is 4.79 Å². The van der Waals surface area contributed by atoms with Crippen molar-refractivity contribution in [3.8, 4) is 0 Å². The predicted molar refractivity (Wildman–Crippen MR) is 62.3 cm³/mol. The van der Waals surface area contributed by atoms with Gasteiger partial charge in [-0.15, -0.1) is 0 Å². The Balaban J connectivity index is 1.84. The normalized spacial score (nSPS) is 16.3. The molecule has 0 aromatic carbocycles. The third kappa shape index (κ3) is 3.32. The van der Waals surface area contributed by atoms with Gasteiger partial charge in [-0.3, -0.25) is 9.59 Å². The number of hydrogen-bond acceptors (Lipinski definition) is 4. The van der Waals surface area contributed by atoms with Crippen LogP contribution in [0.1, 0.15) is 54.8 Å². The first-order chi connectivity index (χ1) is 8.56. The molecule has 1 saturated carbocycles. The Morgan fingerprint density at radius 1 is 1.61 bits per heavy atom. The summed E-state index contributed by atoms with van der Waals surface area (Å²) in [5, 5.41) is 15.1. The molecule has 1 atom stereocenters. The summed E-state index contributed by atoms with van der Waals surface area (Å²) in [6.45, 7) is 1.76. The molecule has 18 heavy (non-hydrogen) atoms. The van der Waals surface area contributed by atoms with Crippen molar-refractivity contribution in [2.24, 2.45) is 0 Å². The van der Waals surface area contributed by atoms with E-state index in [0.717, 1.165) is 18.5 Å². The topological polar surface area (TPSA) is 92.4 Å². The Bertz CT molecular complexity index is 451. The SMILES string of the molecule is CC(CCC(=O)O)NC(=O)c1cc(C2CC2)no1. The Morgan fingerprint density at radius 2 is 2.33 bits per heavy atom. The summed E-state index contributed by atoms with van der Waals surface area (Å²) in [5.41, 5.74) is 0.832. The molecular weight excluding hydrogens is 236 g/mol. The highest BCUT2D eigenvalue weighted by molar-refractivity contribution is 5.91. The van der Waals surface area contributed by atoms with Crippen LogP contribution < -0.4 is 5.32 Å². The fourth-order valence-corrected chi connectivity index (χ4v) is 1.67. The second-order valence-electron chi connectivity index (χ2n) is 4.70. The summed E-state index contributed by atoms with van der Waals surface area (Å²) in [6.07, 6.45) is 2.63. The third-order valence-corrected chi connectivity index (χ3v) is 2.92. The molecule has 1 aromatic heterocycles. The van der Waals surface area contributed by atoms with Crippen molar-refractivity contribution in [3.63, 3.8) is 0 Å². The average molecular weight is 252 g/mol. The molecule has 1 unspecified atom stereocenters. The van der Waals surface area contributed by atoms with Crippen molar-refractivity contribution < 1.29 is 19.2 Å². The number of rotatable bonds is 6. The van der Waals surface area contributed by atoms with Crippen molar-refractivity contribution in [1.82, 2.24) is 10.5 Å². The first-order valence-electron chi connectivity index (χ1n) is 6.05. The van der Waals surface area contributed by atoms with Crippen LogP contribution in [0.5, 0.6) is 0 Å². The van der Waals surface area contributed by atoms with E-state index >= 15 is 0 Å². The van der Waals surface area contributed by atoms with Crippen molar-refractivity contribution >= 4 is 11.9 Å². The minimum absolute atomic E-state index is 0.0329. The minimum atomic E-state index is -0.869. The molecule has 0 bridgehead atoms. The molecule has 1 aliphatic carbocycles. The summed E-state index contributed by atoms with van der Waals surface area (Å²) >= 11 is 0. The number of hydrogen-bond donors (Lipinski definition) is 2. The maximum atomic E-state index is 11.8. The van der Waals surface area contributed by atoms with E-state index in [4.69, 9.17) is 9.63 Å². The van der Waals surface area contributed by atoms with Gasteiger partial charge in [-0.05, 0) is 26.2 Å². The third-order valence-electron chi connectivity index (χ3n) is 2.92. The van der Waals surface area contributed by atoms with Crippen LogP contribution >= 0.6 is 0 Å². The first-order valence-corrected chi connectivity index (χ1v) is 6.05. The highest BCUT2D eigenvalue weighted by Gasteiger charge is 2.28. The summed E-state index contributed by atoms with van der Waals surface area (Å²) in [6, 6.07) is 1.46. The fourth-order valence-electron chi connectivity index (χ4n) is 1.67. The van der Waals surface area contributed by atoms with Crippen molar-refractivity contribution in [2.75, 3.05) is 0 Å². The molecule has 1 aromatic rings. The molecule has 2 N–H and O–H groups in total. The van der Waals surface area contributed by atoms with Crippen LogP contribution in [-0.4, -0.2) is 28.2 Å². The van der Waals surface area contributed by atoms with E-state index in [-0.39, 0.29) is 24.1 Å². The van der Waals surface area contributed by atoms with Crippen LogP contribution in [0, 0.1) is 0 Å². The number of aliphatic carboxylic acids is 1. The van der Waals surface area contributed by atoms with Crippen molar-refractivity contribution in [3.05, 3.63) is 17.5 Å². The van der Waals surface area contributed by atoms with Gasteiger partial charge < -0.3 is 14.9 Å². The molecule has 1 amide bonds. The maximum Gasteiger partial charge on any atom is 0.303 e. The van der Waals surface area contributed by atoms with Crippen LogP contribution in [0.3, 0.4) is 0 Å². The van der Waals surface area contributed by atoms with Gasteiger partial charge in [0.25, 0.3) is 5.91 Å². The molecule has 6 heteroatoms. The van der Waals surface area contributed by atoms with Gasteiger partial charge in [0.05, 0.1) is 5.69 Å². The molecule has 0 radical (unpaired) electrons. The number of nitrogens with zero attached hydrogens (tertiary/aromatic N) is 1. The first kappa shape index (κ1) is 12.6. The second kappa shape index (κ2) is 5.20. The molecule has 0 spiro atoms. The lowest BCUT2D eigenvalue weighted by Crippen LogP contribution is -2.32. The summed E-state index contributed by atoms with van der Waals surface area (Å²) < 4.78 is 4.98. The fraction of sp³-hybridized carbons (Fsp3) is 0.583. The van der Waals surface area contributed by atoms with E-state index < -0.39 is 5.97 Å². The lowest BCUT2D eigenvalue weighted by atomic mass is 10.2. The Morgan fingerprint density at radius 3 is 2.94 bits per heavy atom. The van der Waals surface area contributed by atoms with Gasteiger partial charge in [-0.2, -0.15) is 0 Å². The highest BCUT2D eigenvalue weighted by atomic mass is 16.5. The molecule has 1 aliphatic rings. The number of carbonyl (C=O) groups excluding carboxylic acids is 1. The molecule has 0 saturated heterocycles. The summed E-state index contributed by atoms with van der Waals surface area (Å²) in [7, 11) is 0. The number of amides is 1. The van der Waals surface area contributed by atoms with E-state index in [2.05, 4.69) is 10.5 Å². The van der Waals surface area contributed by atoms with Gasteiger partial charge in [-0.1, -0.05) is 5.16 Å². The van der Waals surface area contributed by atoms with Gasteiger partial charge >= 0.3 is 5.97 Å². The van der Waals surface area contributed by atoms with Crippen molar-refractivity contribution in [2.45, 2.75) is 44.6 Å². The standard InChI is InChI=1S/C12H16N2O4/c1-7(2-5-11(15)16)13-12(17)10-6-9(14-18-10)8-3-4-8/h6-8H,2-5H2,1H3,(H,13,17)(H,15,16). The Hall–Kier alpha value is -1.85. The number of nitrogens with one attached hydrogen (secondary N) is 1. The lowest BCUT2D eigenvalue weighted by Gasteiger charge is -2.10. The number of carboxylic acids is 1. The Kier molecular flexibility index (Phi) is 3.64. The minimum Gasteiger partial charge on any atom is -0.481 e. The van der Waals surface area contributed by atoms with Gasteiger partial charge in [0.15, 0.2) is 0 Å². The second-order valence-corrected chi connectivity index (χ2v) is 4.70. The number of carbonyl (C=O) groups is 2. The van der Waals surface area contributed by atoms with Crippen LogP contribution in [0.15, 0.2) is 10.6 Å². The van der Waals surface area contributed by atoms with E-state index in [1.807, 2.05) is 0 Å². The van der Waals surface area contributed by atoms with Crippen LogP contribution in [0.4, 0.5) is 0 Å². The van der Waals surface area contributed by atoms with Crippen molar-refractivity contribution in [1.29, 1.82) is 0 Å². The van der Waals surface area contributed by atoms with Gasteiger partial charge in [0.2, 0.25) is 5.76 Å². The van der Waals surface area contributed by atoms with Crippen LogP contribution in [0.2, 0.25) is 0 Å². The molecular formula is C12H16N2O4. The maximum absolute atomic E-state index is 11.8. The van der Waals surface area contributed by atoms with E-state index in [0.29, 0.717) is 12.3 Å². The van der Waals surface area contributed by atoms with E-state index in [1.165, 1.54) is 0 Å². The molecule has 98 valence electrons. The molecule has 6 nitrogen and oxygen atoms in total. The van der Waals surface area contributed by atoms with Gasteiger partial charge in [0, 0.05) is 24.4 Å². The monoisotopic (exact) mass is 252 g/mol.